The minimum absolute atomic E-state index is 0.141. The van der Waals surface area contributed by atoms with Crippen molar-refractivity contribution in [3.63, 3.8) is 0 Å². The summed E-state index contributed by atoms with van der Waals surface area (Å²) in [7, 11) is 1.58. The quantitative estimate of drug-likeness (QED) is 0.832. The summed E-state index contributed by atoms with van der Waals surface area (Å²) >= 11 is 0. The van der Waals surface area contributed by atoms with Crippen LogP contribution in [-0.2, 0) is 9.53 Å². The van der Waals surface area contributed by atoms with E-state index < -0.39 is 12.0 Å². The summed E-state index contributed by atoms with van der Waals surface area (Å²) in [6.45, 7) is 2.58. The van der Waals surface area contributed by atoms with E-state index >= 15 is 0 Å². The lowest BCUT2D eigenvalue weighted by Crippen LogP contribution is -2.29. The zero-order valence-corrected chi connectivity index (χ0v) is 11.1. The molecule has 3 unspecified atom stereocenters. The van der Waals surface area contributed by atoms with Crippen molar-refractivity contribution in [2.24, 2.45) is 5.92 Å². The second-order valence-corrected chi connectivity index (χ2v) is 4.79. The van der Waals surface area contributed by atoms with Crippen LogP contribution in [0.15, 0.2) is 24.3 Å². The largest absolute Gasteiger partial charge is 0.497 e. The first-order valence-electron chi connectivity index (χ1n) is 6.36. The Morgan fingerprint density at radius 3 is 2.63 bits per heavy atom. The second kappa shape index (κ2) is 5.85. The maximum absolute atomic E-state index is 12.4. The van der Waals surface area contributed by atoms with Crippen molar-refractivity contribution in [3.05, 3.63) is 29.8 Å². The number of hydrogen-bond donors (Lipinski definition) is 0. The van der Waals surface area contributed by atoms with Crippen LogP contribution in [0.2, 0.25) is 0 Å². The van der Waals surface area contributed by atoms with Crippen LogP contribution in [0.4, 0.5) is 0 Å². The van der Waals surface area contributed by atoms with Gasteiger partial charge in [0.1, 0.15) is 17.8 Å². The highest BCUT2D eigenvalue weighted by Gasteiger charge is 2.36. The molecule has 1 saturated heterocycles. The highest BCUT2D eigenvalue weighted by Crippen LogP contribution is 2.28. The summed E-state index contributed by atoms with van der Waals surface area (Å²) < 4.78 is 10.5. The van der Waals surface area contributed by atoms with Gasteiger partial charge in [-0.05, 0) is 30.0 Å². The van der Waals surface area contributed by atoms with Crippen LogP contribution in [0, 0.1) is 17.2 Å². The number of nitrogens with zero attached hydrogens (tertiary/aromatic N) is 1. The van der Waals surface area contributed by atoms with Gasteiger partial charge < -0.3 is 9.47 Å². The van der Waals surface area contributed by atoms with Crippen molar-refractivity contribution < 1.29 is 14.3 Å². The highest BCUT2D eigenvalue weighted by atomic mass is 16.5. The first-order valence-corrected chi connectivity index (χ1v) is 6.36. The smallest absolute Gasteiger partial charge is 0.183 e. The summed E-state index contributed by atoms with van der Waals surface area (Å²) in [6, 6.07) is 9.10. The molecule has 1 heterocycles. The van der Waals surface area contributed by atoms with Gasteiger partial charge in [0.05, 0.1) is 13.2 Å². The minimum atomic E-state index is -0.767. The molecule has 0 aromatic heterocycles. The minimum Gasteiger partial charge on any atom is -0.497 e. The van der Waals surface area contributed by atoms with E-state index in [4.69, 9.17) is 9.47 Å². The van der Waals surface area contributed by atoms with E-state index in [1.54, 1.807) is 31.4 Å². The summed E-state index contributed by atoms with van der Waals surface area (Å²) in [5, 5.41) is 9.27. The molecule has 1 aromatic carbocycles. The van der Waals surface area contributed by atoms with E-state index in [9.17, 15) is 10.1 Å². The monoisotopic (exact) mass is 259 g/mol. The molecule has 0 radical (unpaired) electrons. The number of nitriles is 1. The van der Waals surface area contributed by atoms with Gasteiger partial charge in [0.25, 0.3) is 0 Å². The molecule has 3 atom stereocenters. The van der Waals surface area contributed by atoms with Crippen LogP contribution >= 0.6 is 0 Å². The van der Waals surface area contributed by atoms with Crippen LogP contribution < -0.4 is 4.74 Å². The zero-order valence-electron chi connectivity index (χ0n) is 11.1. The predicted octanol–water partition coefficient (Wildman–Crippen LogP) is 2.30. The van der Waals surface area contributed by atoms with Gasteiger partial charge in [0.15, 0.2) is 5.78 Å². The van der Waals surface area contributed by atoms with Crippen LogP contribution in [-0.4, -0.2) is 25.6 Å². The molecule has 1 aromatic rings. The molecule has 1 aliphatic heterocycles. The third-order valence-corrected chi connectivity index (χ3v) is 3.53. The van der Waals surface area contributed by atoms with Crippen molar-refractivity contribution >= 4 is 5.78 Å². The Balaban J connectivity index is 2.19. The van der Waals surface area contributed by atoms with Gasteiger partial charge in [0, 0.05) is 6.61 Å². The van der Waals surface area contributed by atoms with Crippen LogP contribution in [0.1, 0.15) is 24.8 Å². The average molecular weight is 259 g/mol. The summed E-state index contributed by atoms with van der Waals surface area (Å²) in [5.74, 6) is -0.0194. The molecule has 19 heavy (non-hydrogen) atoms. The van der Waals surface area contributed by atoms with Gasteiger partial charge >= 0.3 is 0 Å². The maximum atomic E-state index is 12.4. The first-order chi connectivity index (χ1) is 9.17. The lowest BCUT2D eigenvalue weighted by atomic mass is 9.88. The van der Waals surface area contributed by atoms with E-state index in [0.717, 1.165) is 6.42 Å². The highest BCUT2D eigenvalue weighted by molar-refractivity contribution is 5.92. The number of hydrogen-bond acceptors (Lipinski definition) is 4. The van der Waals surface area contributed by atoms with Crippen LogP contribution in [0.3, 0.4) is 0 Å². The Labute approximate surface area is 112 Å². The number of rotatable bonds is 4. The van der Waals surface area contributed by atoms with E-state index in [-0.39, 0.29) is 11.7 Å². The van der Waals surface area contributed by atoms with Gasteiger partial charge in [0.2, 0.25) is 0 Å². The topological polar surface area (TPSA) is 59.3 Å². The SMILES string of the molecule is COc1ccc(C(C#N)C(=O)C2OCCC2C)cc1. The van der Waals surface area contributed by atoms with E-state index in [2.05, 4.69) is 6.07 Å². The number of methoxy groups -OCH3 is 1. The van der Waals surface area contributed by atoms with Gasteiger partial charge in [-0.1, -0.05) is 19.1 Å². The lowest BCUT2D eigenvalue weighted by molar-refractivity contribution is -0.129. The Kier molecular flexibility index (Phi) is 4.18. The molecular formula is C15H17NO3. The van der Waals surface area contributed by atoms with E-state index in [1.165, 1.54) is 0 Å². The molecule has 4 nitrogen and oxygen atoms in total. The van der Waals surface area contributed by atoms with Crippen molar-refractivity contribution in [1.82, 2.24) is 0 Å². The van der Waals surface area contributed by atoms with Crippen molar-refractivity contribution in [1.29, 1.82) is 5.26 Å². The lowest BCUT2D eigenvalue weighted by Gasteiger charge is -2.17. The molecule has 100 valence electrons. The third kappa shape index (κ3) is 2.77. The second-order valence-electron chi connectivity index (χ2n) is 4.79. The predicted molar refractivity (Wildman–Crippen MR) is 69.9 cm³/mol. The normalized spacial score (nSPS) is 23.6. The molecule has 0 N–H and O–H groups in total. The fourth-order valence-electron chi connectivity index (χ4n) is 2.32. The Morgan fingerprint density at radius 1 is 1.47 bits per heavy atom. The maximum Gasteiger partial charge on any atom is 0.183 e. The fourth-order valence-corrected chi connectivity index (χ4v) is 2.32. The van der Waals surface area contributed by atoms with Gasteiger partial charge in [-0.25, -0.2) is 0 Å². The molecule has 1 aliphatic rings. The number of Topliss-reactive ketones (excluding diaryl/α,β-unsaturated/α-hetero) is 1. The average Bonchev–Trinajstić information content (AvgIpc) is 2.86. The number of benzene rings is 1. The zero-order chi connectivity index (χ0) is 13.8. The number of ether oxygens (including phenoxy) is 2. The number of carbonyl (C=O) groups is 1. The third-order valence-electron chi connectivity index (χ3n) is 3.53. The van der Waals surface area contributed by atoms with Crippen molar-refractivity contribution in [3.8, 4) is 11.8 Å². The molecule has 0 bridgehead atoms. The van der Waals surface area contributed by atoms with Gasteiger partial charge in [-0.15, -0.1) is 0 Å². The number of carbonyl (C=O) groups excluding carboxylic acids is 1. The van der Waals surface area contributed by atoms with Gasteiger partial charge in [-0.3, -0.25) is 4.79 Å². The number of ketones is 1. The standard InChI is InChI=1S/C15H17NO3/c1-10-7-8-19-15(10)14(17)13(9-16)11-3-5-12(18-2)6-4-11/h3-6,10,13,15H,7-8H2,1-2H3. The molecule has 4 heteroatoms. The Bertz CT molecular complexity index is 489. The van der Waals surface area contributed by atoms with E-state index in [1.807, 2.05) is 6.92 Å². The van der Waals surface area contributed by atoms with Gasteiger partial charge in [-0.2, -0.15) is 5.26 Å². The van der Waals surface area contributed by atoms with Crippen LogP contribution in [0.5, 0.6) is 5.75 Å². The molecule has 0 aliphatic carbocycles. The van der Waals surface area contributed by atoms with Crippen LogP contribution in [0.25, 0.3) is 0 Å². The molecular weight excluding hydrogens is 242 g/mol. The first kappa shape index (κ1) is 13.6. The molecule has 1 fully saturated rings. The fraction of sp³-hybridized carbons (Fsp3) is 0.467. The Hall–Kier alpha value is -1.86. The summed E-state index contributed by atoms with van der Waals surface area (Å²) in [5.41, 5.74) is 0.691. The summed E-state index contributed by atoms with van der Waals surface area (Å²) in [4.78, 5) is 12.4. The molecule has 2 rings (SSSR count). The molecule has 0 spiro atoms. The van der Waals surface area contributed by atoms with Crippen molar-refractivity contribution in [2.45, 2.75) is 25.4 Å². The Morgan fingerprint density at radius 2 is 2.16 bits per heavy atom. The van der Waals surface area contributed by atoms with Crippen molar-refractivity contribution in [2.75, 3.05) is 13.7 Å². The van der Waals surface area contributed by atoms with E-state index in [0.29, 0.717) is 17.9 Å². The molecule has 0 amide bonds. The summed E-state index contributed by atoms with van der Waals surface area (Å²) in [6.07, 6.45) is 0.420. The molecule has 0 saturated carbocycles.